The van der Waals surface area contributed by atoms with Crippen molar-refractivity contribution in [2.75, 3.05) is 12.4 Å². The molecule has 3 saturated carbocycles. The van der Waals surface area contributed by atoms with Gasteiger partial charge in [0.2, 0.25) is 0 Å². The van der Waals surface area contributed by atoms with Crippen molar-refractivity contribution in [2.24, 2.45) is 5.41 Å². The summed E-state index contributed by atoms with van der Waals surface area (Å²) in [5, 5.41) is 0.0426. The average molecular weight is 539 g/mol. The fraction of sp³-hybridized carbons (Fsp3) is 0.520. The second-order valence-corrected chi connectivity index (χ2v) is 10.8. The van der Waals surface area contributed by atoms with Gasteiger partial charge in [-0.15, -0.1) is 0 Å². The summed E-state index contributed by atoms with van der Waals surface area (Å²) in [5.74, 6) is 5.71. The molecule has 0 aromatic carbocycles. The molecule has 2 bridgehead atoms. The summed E-state index contributed by atoms with van der Waals surface area (Å²) in [6.45, 7) is 1.55. The summed E-state index contributed by atoms with van der Waals surface area (Å²) in [6, 6.07) is 3.85. The minimum atomic E-state index is -4.68. The molecule has 0 spiro atoms. The topological polar surface area (TPSA) is 95.9 Å². The Bertz CT molecular complexity index is 1500. The summed E-state index contributed by atoms with van der Waals surface area (Å²) in [7, 11) is 0. The molecule has 7 nitrogen and oxygen atoms in total. The second-order valence-electron chi connectivity index (χ2n) is 10.8. The van der Waals surface area contributed by atoms with Gasteiger partial charge in [-0.2, -0.15) is 26.3 Å². The van der Waals surface area contributed by atoms with E-state index in [0.717, 1.165) is 10.7 Å². The minimum Gasteiger partial charge on any atom is -0.373 e. The molecule has 7 rings (SSSR count). The Hall–Kier alpha value is -3.22. The smallest absolute Gasteiger partial charge is 0.373 e. The molecule has 0 amide bonds. The van der Waals surface area contributed by atoms with E-state index in [9.17, 15) is 31.1 Å². The molecule has 2 atom stereocenters. The number of aryl methyl sites for hydroxylation is 1. The van der Waals surface area contributed by atoms with Crippen LogP contribution >= 0.6 is 0 Å². The number of nitrogens with zero attached hydrogens (tertiary/aromatic N) is 4. The standard InChI is InChI=1S/C25H23F6N5O2/c1-12-16(24(26,27)28)7-15-19(22-9-23(10-22,11-22)25(29,30)31)34-20(35-21(15)33-12)13-4-5-38-17(6-13)14-2-3-18(37)36(32)8-14/h2-3,7-8,13,17H,4-6,9-11,32H2,1H3/t13-,17+,22?,23?/m0/s1. The Kier molecular flexibility index (Phi) is 5.21. The van der Waals surface area contributed by atoms with Gasteiger partial charge in [-0.05, 0) is 56.7 Å². The van der Waals surface area contributed by atoms with Crippen LogP contribution in [0.1, 0.15) is 72.5 Å². The van der Waals surface area contributed by atoms with E-state index >= 15 is 0 Å². The normalized spacial score (nSPS) is 29.1. The van der Waals surface area contributed by atoms with Crippen molar-refractivity contribution < 1.29 is 31.1 Å². The Balaban J connectivity index is 1.42. The van der Waals surface area contributed by atoms with Crippen LogP contribution in [0.25, 0.3) is 11.0 Å². The number of nitrogens with two attached hydrogens (primary N) is 1. The van der Waals surface area contributed by atoms with Crippen molar-refractivity contribution in [1.29, 1.82) is 0 Å². The van der Waals surface area contributed by atoms with E-state index in [-0.39, 0.29) is 47.6 Å². The zero-order chi connectivity index (χ0) is 27.3. The van der Waals surface area contributed by atoms with Crippen LogP contribution in [0.3, 0.4) is 0 Å². The molecule has 2 N–H and O–H groups in total. The van der Waals surface area contributed by atoms with Gasteiger partial charge < -0.3 is 10.6 Å². The first kappa shape index (κ1) is 25.1. The molecule has 3 aromatic heterocycles. The number of nitrogen functional groups attached to an aromatic ring is 1. The highest BCUT2D eigenvalue weighted by Crippen LogP contribution is 2.78. The molecule has 1 saturated heterocycles. The number of pyridine rings is 2. The highest BCUT2D eigenvalue weighted by Gasteiger charge is 2.79. The number of halogens is 6. The number of hydrogen-bond donors (Lipinski definition) is 1. The van der Waals surface area contributed by atoms with Crippen LogP contribution in [0.4, 0.5) is 26.3 Å². The molecule has 202 valence electrons. The van der Waals surface area contributed by atoms with Crippen molar-refractivity contribution in [3.8, 4) is 0 Å². The molecule has 0 unspecified atom stereocenters. The number of rotatable bonds is 3. The molecule has 4 fully saturated rings. The second kappa shape index (κ2) is 7.90. The number of alkyl halides is 6. The van der Waals surface area contributed by atoms with Gasteiger partial charge in [0.05, 0.1) is 28.5 Å². The molecule has 1 aliphatic heterocycles. The SMILES string of the molecule is Cc1nc2nc([C@H]3CCO[C@@H](c4ccc(=O)n(N)c4)C3)nc(C34CC(C(F)(F)F)(C3)C4)c2cc1C(F)(F)F. The van der Waals surface area contributed by atoms with Gasteiger partial charge in [-0.25, -0.2) is 19.6 Å². The van der Waals surface area contributed by atoms with E-state index in [1.54, 1.807) is 6.07 Å². The first-order chi connectivity index (χ1) is 17.7. The van der Waals surface area contributed by atoms with E-state index in [4.69, 9.17) is 10.6 Å². The third-order valence-electron chi connectivity index (χ3n) is 8.32. The Morgan fingerprint density at radius 2 is 1.79 bits per heavy atom. The van der Waals surface area contributed by atoms with Gasteiger partial charge in [0.1, 0.15) is 5.82 Å². The van der Waals surface area contributed by atoms with Crippen LogP contribution in [0.5, 0.6) is 0 Å². The first-order valence-electron chi connectivity index (χ1n) is 12.1. The van der Waals surface area contributed by atoms with Crippen LogP contribution in [-0.2, 0) is 16.3 Å². The van der Waals surface area contributed by atoms with Crippen LogP contribution in [-0.4, -0.2) is 32.4 Å². The van der Waals surface area contributed by atoms with Crippen molar-refractivity contribution in [2.45, 2.75) is 68.8 Å². The van der Waals surface area contributed by atoms with E-state index < -0.39 is 40.4 Å². The number of fused-ring (bicyclic) bond motifs is 1. The zero-order valence-corrected chi connectivity index (χ0v) is 20.2. The maximum absolute atomic E-state index is 13.7. The lowest BCUT2D eigenvalue weighted by molar-refractivity contribution is -0.337. The maximum Gasteiger partial charge on any atom is 0.418 e. The molecule has 4 heterocycles. The van der Waals surface area contributed by atoms with Crippen molar-refractivity contribution >= 4 is 11.0 Å². The lowest BCUT2D eigenvalue weighted by atomic mass is 9.33. The fourth-order valence-electron chi connectivity index (χ4n) is 6.35. The van der Waals surface area contributed by atoms with Crippen LogP contribution < -0.4 is 11.4 Å². The predicted octanol–water partition coefficient (Wildman–Crippen LogP) is 4.85. The van der Waals surface area contributed by atoms with Crippen LogP contribution in [0.2, 0.25) is 0 Å². The third-order valence-corrected chi connectivity index (χ3v) is 8.32. The van der Waals surface area contributed by atoms with E-state index in [1.165, 1.54) is 19.2 Å². The van der Waals surface area contributed by atoms with Gasteiger partial charge in [0, 0.05) is 35.6 Å². The molecule has 0 radical (unpaired) electrons. The zero-order valence-electron chi connectivity index (χ0n) is 20.2. The van der Waals surface area contributed by atoms with E-state index in [0.29, 0.717) is 30.8 Å². The highest BCUT2D eigenvalue weighted by atomic mass is 19.4. The Morgan fingerprint density at radius 3 is 2.42 bits per heavy atom. The Morgan fingerprint density at radius 1 is 1.08 bits per heavy atom. The van der Waals surface area contributed by atoms with Crippen molar-refractivity contribution in [1.82, 2.24) is 19.6 Å². The average Bonchev–Trinajstić information content (AvgIpc) is 2.77. The summed E-state index contributed by atoms with van der Waals surface area (Å²) in [5.41, 5.74) is -3.45. The summed E-state index contributed by atoms with van der Waals surface area (Å²) < 4.78 is 88.6. The Labute approximate surface area is 212 Å². The monoisotopic (exact) mass is 539 g/mol. The fourth-order valence-corrected chi connectivity index (χ4v) is 6.35. The van der Waals surface area contributed by atoms with E-state index in [1.807, 2.05) is 0 Å². The van der Waals surface area contributed by atoms with Crippen molar-refractivity contribution in [3.05, 3.63) is 63.1 Å². The minimum absolute atomic E-state index is 0.0415. The summed E-state index contributed by atoms with van der Waals surface area (Å²) in [6.07, 6.45) is -7.77. The molecule has 3 aromatic rings. The lowest BCUT2D eigenvalue weighted by Crippen LogP contribution is -2.70. The highest BCUT2D eigenvalue weighted by molar-refractivity contribution is 5.81. The third kappa shape index (κ3) is 3.69. The van der Waals surface area contributed by atoms with Crippen LogP contribution in [0, 0.1) is 12.3 Å². The molecular formula is C25H23F6N5O2. The number of hydrogen-bond acceptors (Lipinski definition) is 6. The first-order valence-corrected chi connectivity index (χ1v) is 12.1. The van der Waals surface area contributed by atoms with Crippen LogP contribution in [0.15, 0.2) is 29.2 Å². The largest absolute Gasteiger partial charge is 0.418 e. The van der Waals surface area contributed by atoms with Gasteiger partial charge >= 0.3 is 12.4 Å². The summed E-state index contributed by atoms with van der Waals surface area (Å²) >= 11 is 0. The molecule has 3 aliphatic carbocycles. The molecular weight excluding hydrogens is 516 g/mol. The maximum atomic E-state index is 13.7. The quantitative estimate of drug-likeness (QED) is 0.378. The lowest BCUT2D eigenvalue weighted by Gasteiger charge is -2.70. The van der Waals surface area contributed by atoms with E-state index in [2.05, 4.69) is 15.0 Å². The molecule has 4 aliphatic rings. The number of ether oxygens (including phenoxy) is 1. The number of aromatic nitrogens is 4. The predicted molar refractivity (Wildman–Crippen MR) is 123 cm³/mol. The van der Waals surface area contributed by atoms with Gasteiger partial charge in [0.25, 0.3) is 5.56 Å². The summed E-state index contributed by atoms with van der Waals surface area (Å²) in [4.78, 5) is 25.0. The molecule has 38 heavy (non-hydrogen) atoms. The van der Waals surface area contributed by atoms with Gasteiger partial charge in [-0.1, -0.05) is 0 Å². The van der Waals surface area contributed by atoms with Gasteiger partial charge in [-0.3, -0.25) is 4.79 Å². The molecule has 13 heteroatoms. The van der Waals surface area contributed by atoms with Crippen molar-refractivity contribution in [3.63, 3.8) is 0 Å². The van der Waals surface area contributed by atoms with Gasteiger partial charge in [0.15, 0.2) is 5.65 Å².